The molecule has 0 saturated carbocycles. The average molecular weight is 436 g/mol. The standard InChI is InChI=1S/C22H17FN4O3S/c23-16-8-6-14(7-9-16)13-25-27-22(28)21-20(15-4-2-1-3-5-15)18-12-17(31(24,29)30)10-11-19(18)26-21/h1-13,26H,(H,27,28)(H2,24,29,30)/b25-13+. The van der Waals surface area contributed by atoms with Crippen LogP contribution in [0.5, 0.6) is 0 Å². The number of amides is 1. The number of aromatic nitrogens is 1. The third-order valence-electron chi connectivity index (χ3n) is 4.64. The van der Waals surface area contributed by atoms with Crippen LogP contribution in [0.25, 0.3) is 22.0 Å². The number of fused-ring (bicyclic) bond motifs is 1. The van der Waals surface area contributed by atoms with Crippen LogP contribution in [0.2, 0.25) is 0 Å². The van der Waals surface area contributed by atoms with Gasteiger partial charge in [0, 0.05) is 16.5 Å². The topological polar surface area (TPSA) is 117 Å². The van der Waals surface area contributed by atoms with E-state index < -0.39 is 15.9 Å². The predicted octanol–water partition coefficient (Wildman–Crippen LogP) is 3.39. The maximum atomic E-state index is 13.0. The number of benzene rings is 3. The lowest BCUT2D eigenvalue weighted by molar-refractivity contribution is 0.0951. The zero-order valence-electron chi connectivity index (χ0n) is 16.0. The Morgan fingerprint density at radius 2 is 1.74 bits per heavy atom. The average Bonchev–Trinajstić information content (AvgIpc) is 3.14. The van der Waals surface area contributed by atoms with Crippen molar-refractivity contribution in [3.63, 3.8) is 0 Å². The number of hydrogen-bond acceptors (Lipinski definition) is 4. The molecule has 3 aromatic carbocycles. The van der Waals surface area contributed by atoms with E-state index in [-0.39, 0.29) is 16.4 Å². The second-order valence-corrected chi connectivity index (χ2v) is 8.31. The molecular weight excluding hydrogens is 419 g/mol. The molecule has 4 N–H and O–H groups in total. The summed E-state index contributed by atoms with van der Waals surface area (Å²) in [5, 5.41) is 9.73. The Morgan fingerprint density at radius 3 is 2.42 bits per heavy atom. The van der Waals surface area contributed by atoms with Crippen LogP contribution in [-0.2, 0) is 10.0 Å². The van der Waals surface area contributed by atoms with Crippen molar-refractivity contribution in [2.24, 2.45) is 10.2 Å². The maximum Gasteiger partial charge on any atom is 0.288 e. The number of H-pyrrole nitrogens is 1. The van der Waals surface area contributed by atoms with Crippen molar-refractivity contribution in [3.8, 4) is 11.1 Å². The first kappa shape index (κ1) is 20.5. The summed E-state index contributed by atoms with van der Waals surface area (Å²) in [4.78, 5) is 15.8. The molecule has 0 fully saturated rings. The molecule has 0 saturated heterocycles. The number of hydrogen-bond donors (Lipinski definition) is 3. The van der Waals surface area contributed by atoms with E-state index in [0.29, 0.717) is 27.6 Å². The van der Waals surface area contributed by atoms with Crippen LogP contribution in [0.3, 0.4) is 0 Å². The Balaban J connectivity index is 1.75. The van der Waals surface area contributed by atoms with Gasteiger partial charge in [-0.05, 0) is 41.5 Å². The molecule has 0 bridgehead atoms. The Labute approximate surface area is 177 Å². The summed E-state index contributed by atoms with van der Waals surface area (Å²) >= 11 is 0. The fourth-order valence-electron chi connectivity index (χ4n) is 3.19. The van der Waals surface area contributed by atoms with E-state index in [9.17, 15) is 17.6 Å². The van der Waals surface area contributed by atoms with E-state index >= 15 is 0 Å². The molecule has 1 aromatic heterocycles. The van der Waals surface area contributed by atoms with Gasteiger partial charge >= 0.3 is 0 Å². The van der Waals surface area contributed by atoms with Crippen molar-refractivity contribution in [1.29, 1.82) is 0 Å². The van der Waals surface area contributed by atoms with Crippen LogP contribution < -0.4 is 10.6 Å². The van der Waals surface area contributed by atoms with E-state index in [1.54, 1.807) is 6.07 Å². The zero-order valence-corrected chi connectivity index (χ0v) is 16.9. The van der Waals surface area contributed by atoms with Crippen LogP contribution in [0.1, 0.15) is 16.1 Å². The van der Waals surface area contributed by atoms with Gasteiger partial charge < -0.3 is 4.98 Å². The quantitative estimate of drug-likeness (QED) is 0.329. The van der Waals surface area contributed by atoms with Crippen molar-refractivity contribution in [2.75, 3.05) is 0 Å². The van der Waals surface area contributed by atoms with Gasteiger partial charge in [0.2, 0.25) is 10.0 Å². The number of halogens is 1. The molecule has 4 aromatic rings. The van der Waals surface area contributed by atoms with Gasteiger partial charge in [0.15, 0.2) is 0 Å². The molecule has 0 radical (unpaired) electrons. The minimum absolute atomic E-state index is 0.0579. The van der Waals surface area contributed by atoms with Crippen LogP contribution >= 0.6 is 0 Å². The summed E-state index contributed by atoms with van der Waals surface area (Å²) in [5.74, 6) is -0.892. The Kier molecular flexibility index (Phi) is 5.37. The minimum Gasteiger partial charge on any atom is -0.350 e. The molecule has 156 valence electrons. The largest absolute Gasteiger partial charge is 0.350 e. The lowest BCUT2D eigenvalue weighted by Crippen LogP contribution is -2.18. The van der Waals surface area contributed by atoms with Crippen molar-refractivity contribution >= 4 is 33.0 Å². The van der Waals surface area contributed by atoms with Crippen molar-refractivity contribution < 1.29 is 17.6 Å². The van der Waals surface area contributed by atoms with Gasteiger partial charge in [-0.3, -0.25) is 4.79 Å². The second-order valence-electron chi connectivity index (χ2n) is 6.74. The van der Waals surface area contributed by atoms with Gasteiger partial charge in [-0.1, -0.05) is 42.5 Å². The van der Waals surface area contributed by atoms with E-state index in [0.717, 1.165) is 0 Å². The number of nitrogens with two attached hydrogens (primary N) is 1. The fourth-order valence-corrected chi connectivity index (χ4v) is 3.73. The van der Waals surface area contributed by atoms with Gasteiger partial charge in [-0.25, -0.2) is 23.4 Å². The van der Waals surface area contributed by atoms with Crippen LogP contribution in [-0.4, -0.2) is 25.5 Å². The molecule has 0 spiro atoms. The number of sulfonamides is 1. The molecule has 0 aliphatic heterocycles. The minimum atomic E-state index is -3.92. The summed E-state index contributed by atoms with van der Waals surface area (Å²) in [6, 6.07) is 19.1. The number of aromatic amines is 1. The summed E-state index contributed by atoms with van der Waals surface area (Å²) in [5.41, 5.74) is 5.07. The summed E-state index contributed by atoms with van der Waals surface area (Å²) in [6.45, 7) is 0. The zero-order chi connectivity index (χ0) is 22.0. The first-order valence-corrected chi connectivity index (χ1v) is 10.7. The molecule has 9 heteroatoms. The van der Waals surface area contributed by atoms with Gasteiger partial charge in [0.25, 0.3) is 5.91 Å². The summed E-state index contributed by atoms with van der Waals surface area (Å²) in [6.07, 6.45) is 1.39. The number of carbonyl (C=O) groups excluding carboxylic acids is 1. The first-order valence-electron chi connectivity index (χ1n) is 9.16. The second kappa shape index (κ2) is 8.13. The Morgan fingerprint density at radius 1 is 1.03 bits per heavy atom. The van der Waals surface area contributed by atoms with Crippen LogP contribution in [0.4, 0.5) is 4.39 Å². The highest BCUT2D eigenvalue weighted by molar-refractivity contribution is 7.89. The van der Waals surface area contributed by atoms with Crippen molar-refractivity contribution in [3.05, 3.63) is 89.9 Å². The van der Waals surface area contributed by atoms with Crippen molar-refractivity contribution in [2.45, 2.75) is 4.90 Å². The highest BCUT2D eigenvalue weighted by Gasteiger charge is 2.20. The number of carbonyl (C=O) groups is 1. The van der Waals surface area contributed by atoms with Gasteiger partial charge in [-0.2, -0.15) is 5.10 Å². The molecule has 0 aliphatic rings. The molecule has 31 heavy (non-hydrogen) atoms. The number of nitrogens with zero attached hydrogens (tertiary/aromatic N) is 1. The molecule has 1 heterocycles. The molecule has 4 rings (SSSR count). The lowest BCUT2D eigenvalue weighted by Gasteiger charge is -2.05. The Bertz CT molecular complexity index is 1400. The summed E-state index contributed by atoms with van der Waals surface area (Å²) < 4.78 is 36.6. The SMILES string of the molecule is NS(=O)(=O)c1ccc2[nH]c(C(=O)N/N=C/c3ccc(F)cc3)c(-c3ccccc3)c2c1. The number of hydrazone groups is 1. The molecule has 0 atom stereocenters. The van der Waals surface area contributed by atoms with E-state index in [2.05, 4.69) is 15.5 Å². The summed E-state index contributed by atoms with van der Waals surface area (Å²) in [7, 11) is -3.92. The first-order chi connectivity index (χ1) is 14.8. The molecule has 0 aliphatic carbocycles. The third-order valence-corrected chi connectivity index (χ3v) is 5.55. The normalized spacial score (nSPS) is 11.8. The van der Waals surface area contributed by atoms with E-state index in [4.69, 9.17) is 5.14 Å². The number of nitrogens with one attached hydrogen (secondary N) is 2. The highest BCUT2D eigenvalue weighted by Crippen LogP contribution is 2.33. The Hall–Kier alpha value is -3.82. The van der Waals surface area contributed by atoms with E-state index in [1.165, 1.54) is 42.6 Å². The van der Waals surface area contributed by atoms with Crippen LogP contribution in [0, 0.1) is 5.82 Å². The molecule has 1 amide bonds. The number of primary sulfonamides is 1. The third kappa shape index (κ3) is 4.37. The van der Waals surface area contributed by atoms with E-state index in [1.807, 2.05) is 30.3 Å². The lowest BCUT2D eigenvalue weighted by atomic mass is 10.0. The van der Waals surface area contributed by atoms with Gasteiger partial charge in [0.05, 0.1) is 11.1 Å². The predicted molar refractivity (Wildman–Crippen MR) is 117 cm³/mol. The highest BCUT2D eigenvalue weighted by atomic mass is 32.2. The molecular formula is C22H17FN4O3S. The van der Waals surface area contributed by atoms with Gasteiger partial charge in [-0.15, -0.1) is 0 Å². The molecule has 0 unspecified atom stereocenters. The van der Waals surface area contributed by atoms with Crippen molar-refractivity contribution in [1.82, 2.24) is 10.4 Å². The molecule has 7 nitrogen and oxygen atoms in total. The fraction of sp³-hybridized carbons (Fsp3) is 0. The monoisotopic (exact) mass is 436 g/mol. The van der Waals surface area contributed by atoms with Crippen LogP contribution in [0.15, 0.2) is 82.8 Å². The smallest absolute Gasteiger partial charge is 0.288 e. The maximum absolute atomic E-state index is 13.0. The van der Waals surface area contributed by atoms with Gasteiger partial charge in [0.1, 0.15) is 11.5 Å². The number of rotatable bonds is 5.